The van der Waals surface area contributed by atoms with E-state index in [9.17, 15) is 17.3 Å². The van der Waals surface area contributed by atoms with Gasteiger partial charge >= 0.3 is 7.25 Å². The third-order valence-electron chi connectivity index (χ3n) is 1.43. The van der Waals surface area contributed by atoms with E-state index in [0.717, 1.165) is 6.54 Å². The third-order valence-corrected chi connectivity index (χ3v) is 1.43. The Morgan fingerprint density at radius 2 is 1.87 bits per heavy atom. The largest absolute Gasteiger partial charge is 0.673 e. The molecule has 0 amide bonds. The number of hydrogen-bond acceptors (Lipinski definition) is 1. The molecular formula is C8H13BF4N2. The van der Waals surface area contributed by atoms with E-state index in [1.54, 1.807) is 6.20 Å². The quantitative estimate of drug-likeness (QED) is 0.437. The summed E-state index contributed by atoms with van der Waals surface area (Å²) in [6.07, 6.45) is 8.17. The number of aromatic nitrogens is 2. The van der Waals surface area contributed by atoms with Gasteiger partial charge in [-0.2, -0.15) is 0 Å². The second kappa shape index (κ2) is 7.20. The summed E-state index contributed by atoms with van der Waals surface area (Å²) in [6.45, 7) is 3.28. The Balaban J connectivity index is 0.000000336. The van der Waals surface area contributed by atoms with Gasteiger partial charge in [-0.05, 0) is 6.42 Å². The van der Waals surface area contributed by atoms with Gasteiger partial charge in [-0.1, -0.05) is 18.3 Å². The van der Waals surface area contributed by atoms with E-state index in [1.165, 1.54) is 12.8 Å². The van der Waals surface area contributed by atoms with Crippen molar-refractivity contribution >= 4 is 7.25 Å². The molecule has 0 atom stereocenters. The molecule has 0 fully saturated rings. The van der Waals surface area contributed by atoms with Crippen molar-refractivity contribution in [1.29, 1.82) is 0 Å². The van der Waals surface area contributed by atoms with Crippen LogP contribution < -0.4 is 4.57 Å². The SMILES string of the molecule is CCCC[n+]1cccnc1.F[B-](F)(F)F. The predicted molar refractivity (Wildman–Crippen MR) is 49.5 cm³/mol. The summed E-state index contributed by atoms with van der Waals surface area (Å²) in [7, 11) is -6.00. The fourth-order valence-corrected chi connectivity index (χ4v) is 0.834. The summed E-state index contributed by atoms with van der Waals surface area (Å²) in [4.78, 5) is 4.00. The normalized spacial score (nSPS) is 10.5. The molecule has 0 aromatic carbocycles. The number of unbranched alkanes of at least 4 members (excludes halogenated alkanes) is 1. The first-order chi connectivity index (χ1) is 6.93. The molecule has 0 saturated heterocycles. The standard InChI is InChI=1S/C8H13N2.BF4/c1-2-3-6-10-7-4-5-9-8-10;2-1(3,4)5/h4-5,7-8H,2-3,6H2,1H3;/q+1;-1. The highest BCUT2D eigenvalue weighted by Gasteiger charge is 2.20. The lowest BCUT2D eigenvalue weighted by Crippen LogP contribution is -2.32. The van der Waals surface area contributed by atoms with E-state index >= 15 is 0 Å². The van der Waals surface area contributed by atoms with E-state index in [0.29, 0.717) is 0 Å². The lowest BCUT2D eigenvalue weighted by molar-refractivity contribution is -0.700. The average molecular weight is 224 g/mol. The molecule has 0 aliphatic heterocycles. The van der Waals surface area contributed by atoms with Crippen LogP contribution in [-0.4, -0.2) is 12.2 Å². The van der Waals surface area contributed by atoms with Crippen LogP contribution in [-0.2, 0) is 6.54 Å². The molecule has 0 N–H and O–H groups in total. The molecule has 0 spiro atoms. The first-order valence-corrected chi connectivity index (χ1v) is 4.60. The van der Waals surface area contributed by atoms with E-state index in [2.05, 4.69) is 16.5 Å². The van der Waals surface area contributed by atoms with E-state index in [4.69, 9.17) is 0 Å². The van der Waals surface area contributed by atoms with Gasteiger partial charge in [0.25, 0.3) is 6.33 Å². The van der Waals surface area contributed by atoms with E-state index < -0.39 is 7.25 Å². The van der Waals surface area contributed by atoms with Crippen molar-refractivity contribution in [2.75, 3.05) is 0 Å². The smallest absolute Gasteiger partial charge is 0.418 e. The number of halogens is 4. The van der Waals surface area contributed by atoms with Crippen molar-refractivity contribution in [1.82, 2.24) is 4.98 Å². The molecular weight excluding hydrogens is 211 g/mol. The van der Waals surface area contributed by atoms with Gasteiger partial charge < -0.3 is 17.3 Å². The monoisotopic (exact) mass is 224 g/mol. The average Bonchev–Trinajstić information content (AvgIpc) is 2.14. The van der Waals surface area contributed by atoms with E-state index in [1.807, 2.05) is 18.6 Å². The fourth-order valence-electron chi connectivity index (χ4n) is 0.834. The summed E-state index contributed by atoms with van der Waals surface area (Å²) >= 11 is 0. The molecule has 0 saturated carbocycles. The summed E-state index contributed by atoms with van der Waals surface area (Å²) < 4.78 is 41.1. The summed E-state index contributed by atoms with van der Waals surface area (Å²) in [6, 6.07) is 1.95. The zero-order chi connectivity index (χ0) is 11.7. The molecule has 0 radical (unpaired) electrons. The van der Waals surface area contributed by atoms with Crippen molar-refractivity contribution in [2.24, 2.45) is 0 Å². The molecule has 86 valence electrons. The maximum atomic E-state index is 9.75. The van der Waals surface area contributed by atoms with Crippen LogP contribution in [0.2, 0.25) is 0 Å². The molecule has 0 aliphatic rings. The van der Waals surface area contributed by atoms with Gasteiger partial charge in [0.2, 0.25) is 0 Å². The van der Waals surface area contributed by atoms with Gasteiger partial charge in [0, 0.05) is 6.07 Å². The minimum absolute atomic E-state index is 1.09. The molecule has 2 nitrogen and oxygen atoms in total. The van der Waals surface area contributed by atoms with Crippen molar-refractivity contribution in [2.45, 2.75) is 26.3 Å². The third kappa shape index (κ3) is 12.9. The highest BCUT2D eigenvalue weighted by molar-refractivity contribution is 6.50. The van der Waals surface area contributed by atoms with Crippen LogP contribution in [0.3, 0.4) is 0 Å². The van der Waals surface area contributed by atoms with Crippen LogP contribution in [0.25, 0.3) is 0 Å². The fraction of sp³-hybridized carbons (Fsp3) is 0.500. The van der Waals surface area contributed by atoms with Crippen LogP contribution in [0.1, 0.15) is 19.8 Å². The lowest BCUT2D eigenvalue weighted by atomic mass is 10.3. The highest BCUT2D eigenvalue weighted by atomic mass is 19.5. The van der Waals surface area contributed by atoms with Crippen LogP contribution in [0.15, 0.2) is 24.8 Å². The first kappa shape index (κ1) is 13.9. The molecule has 0 unspecified atom stereocenters. The second-order valence-corrected chi connectivity index (χ2v) is 2.84. The minimum Gasteiger partial charge on any atom is -0.418 e. The van der Waals surface area contributed by atoms with Crippen molar-refractivity contribution in [3.63, 3.8) is 0 Å². The van der Waals surface area contributed by atoms with Gasteiger partial charge in [0.05, 0.1) is 12.7 Å². The Morgan fingerprint density at radius 3 is 2.27 bits per heavy atom. The summed E-state index contributed by atoms with van der Waals surface area (Å²) in [5, 5.41) is 0. The van der Waals surface area contributed by atoms with Crippen LogP contribution in [0, 0.1) is 0 Å². The van der Waals surface area contributed by atoms with Gasteiger partial charge in [-0.25, -0.2) is 4.57 Å². The zero-order valence-electron chi connectivity index (χ0n) is 8.41. The van der Waals surface area contributed by atoms with Gasteiger partial charge in [-0.3, -0.25) is 0 Å². The van der Waals surface area contributed by atoms with Crippen LogP contribution >= 0.6 is 0 Å². The van der Waals surface area contributed by atoms with Gasteiger partial charge in [0.15, 0.2) is 0 Å². The Hall–Kier alpha value is -1.14. The van der Waals surface area contributed by atoms with Crippen molar-refractivity contribution in [3.05, 3.63) is 24.8 Å². The molecule has 15 heavy (non-hydrogen) atoms. The molecule has 1 aromatic heterocycles. The molecule has 1 rings (SSSR count). The molecule has 0 bridgehead atoms. The van der Waals surface area contributed by atoms with Crippen molar-refractivity contribution < 1.29 is 21.8 Å². The Bertz CT molecular complexity index is 247. The molecule has 1 aromatic rings. The van der Waals surface area contributed by atoms with Gasteiger partial charge in [-0.15, -0.1) is 0 Å². The van der Waals surface area contributed by atoms with Crippen LogP contribution in [0.5, 0.6) is 0 Å². The first-order valence-electron chi connectivity index (χ1n) is 4.60. The number of nitrogens with zero attached hydrogens (tertiary/aromatic N) is 2. The zero-order valence-corrected chi connectivity index (χ0v) is 8.41. The van der Waals surface area contributed by atoms with Crippen molar-refractivity contribution in [3.8, 4) is 0 Å². The Labute approximate surface area is 86.1 Å². The summed E-state index contributed by atoms with van der Waals surface area (Å²) in [5.74, 6) is 0. The van der Waals surface area contributed by atoms with E-state index in [-0.39, 0.29) is 0 Å². The Kier molecular flexibility index (Phi) is 6.65. The summed E-state index contributed by atoms with van der Waals surface area (Å²) in [5.41, 5.74) is 0. The number of rotatable bonds is 3. The van der Waals surface area contributed by atoms with Crippen LogP contribution in [0.4, 0.5) is 17.3 Å². The maximum absolute atomic E-state index is 9.75. The predicted octanol–water partition coefficient (Wildman–Crippen LogP) is 2.47. The molecule has 1 heterocycles. The number of hydrogen-bond donors (Lipinski definition) is 0. The maximum Gasteiger partial charge on any atom is 0.673 e. The van der Waals surface area contributed by atoms with Gasteiger partial charge in [0.1, 0.15) is 6.20 Å². The topological polar surface area (TPSA) is 16.8 Å². The highest BCUT2D eigenvalue weighted by Crippen LogP contribution is 2.06. The Morgan fingerprint density at radius 1 is 1.27 bits per heavy atom. The molecule has 0 aliphatic carbocycles. The number of aryl methyl sites for hydroxylation is 1. The second-order valence-electron chi connectivity index (χ2n) is 2.84. The minimum atomic E-state index is -6.00. The molecule has 7 heteroatoms. The lowest BCUT2D eigenvalue weighted by Gasteiger charge is -1.94.